The van der Waals surface area contributed by atoms with Gasteiger partial charge in [0.15, 0.2) is 0 Å². The second-order valence-corrected chi connectivity index (χ2v) is 3.69. The second-order valence-electron chi connectivity index (χ2n) is 3.69. The van der Waals surface area contributed by atoms with Crippen molar-refractivity contribution in [3.05, 3.63) is 35.9 Å². The van der Waals surface area contributed by atoms with E-state index >= 15 is 0 Å². The highest BCUT2D eigenvalue weighted by Gasteiger charge is 2.30. The van der Waals surface area contributed by atoms with Crippen LogP contribution in [0.3, 0.4) is 0 Å². The minimum atomic E-state index is -0.0646. The minimum absolute atomic E-state index is 0.0646. The van der Waals surface area contributed by atoms with Gasteiger partial charge in [-0.2, -0.15) is 0 Å². The zero-order valence-corrected chi connectivity index (χ0v) is 7.98. The average Bonchev–Trinajstić information content (AvgIpc) is 2.51. The molecule has 2 rings (SSSR count). The third kappa shape index (κ3) is 1.93. The van der Waals surface area contributed by atoms with E-state index in [9.17, 15) is 0 Å². The van der Waals surface area contributed by atoms with Crippen LogP contribution in [0.1, 0.15) is 5.56 Å². The van der Waals surface area contributed by atoms with Gasteiger partial charge in [-0.25, -0.2) is 10.9 Å². The van der Waals surface area contributed by atoms with Gasteiger partial charge in [0.1, 0.15) is 0 Å². The highest BCUT2D eigenvalue weighted by Crippen LogP contribution is 2.14. The highest BCUT2D eigenvalue weighted by molar-refractivity contribution is 5.16. The number of hydrogen-bond acceptors (Lipinski definition) is 4. The monoisotopic (exact) mass is 192 g/mol. The molecule has 76 valence electrons. The van der Waals surface area contributed by atoms with Crippen molar-refractivity contribution in [1.82, 2.24) is 10.9 Å². The number of nitrogens with two attached hydrogens (primary N) is 2. The standard InChI is InChI=1S/C10H16N4/c11-9-8(10(12)14-13-9)6-7-4-2-1-3-5-7/h1-5,8-10,13-14H,6,11-12H2. The molecule has 2 unspecified atom stereocenters. The van der Waals surface area contributed by atoms with Crippen molar-refractivity contribution in [2.24, 2.45) is 17.4 Å². The van der Waals surface area contributed by atoms with Crippen molar-refractivity contribution < 1.29 is 0 Å². The first-order chi connectivity index (χ1) is 6.77. The summed E-state index contributed by atoms with van der Waals surface area (Å²) in [6, 6.07) is 10.3. The second kappa shape index (κ2) is 4.06. The van der Waals surface area contributed by atoms with Gasteiger partial charge in [-0.3, -0.25) is 0 Å². The Hall–Kier alpha value is -0.940. The van der Waals surface area contributed by atoms with Crippen LogP contribution in [0.5, 0.6) is 0 Å². The molecule has 2 atom stereocenters. The molecule has 14 heavy (non-hydrogen) atoms. The van der Waals surface area contributed by atoms with E-state index in [1.807, 2.05) is 18.2 Å². The van der Waals surface area contributed by atoms with Crippen LogP contribution < -0.4 is 22.3 Å². The lowest BCUT2D eigenvalue weighted by molar-refractivity contribution is 0.419. The summed E-state index contributed by atoms with van der Waals surface area (Å²) in [6.07, 6.45) is 0.777. The Bertz CT molecular complexity index is 277. The molecule has 1 saturated heterocycles. The summed E-state index contributed by atoms with van der Waals surface area (Å²) >= 11 is 0. The Labute approximate surface area is 83.6 Å². The van der Waals surface area contributed by atoms with Crippen LogP contribution >= 0.6 is 0 Å². The average molecular weight is 192 g/mol. The van der Waals surface area contributed by atoms with Gasteiger partial charge in [0.2, 0.25) is 0 Å². The molecular weight excluding hydrogens is 176 g/mol. The quantitative estimate of drug-likeness (QED) is 0.510. The largest absolute Gasteiger partial charge is 0.315 e. The van der Waals surface area contributed by atoms with Crippen molar-refractivity contribution >= 4 is 0 Å². The summed E-state index contributed by atoms with van der Waals surface area (Å²) in [7, 11) is 0. The third-order valence-electron chi connectivity index (χ3n) is 2.65. The first kappa shape index (κ1) is 9.61. The van der Waals surface area contributed by atoms with E-state index in [1.165, 1.54) is 5.56 Å². The van der Waals surface area contributed by atoms with Gasteiger partial charge in [0, 0.05) is 5.92 Å². The van der Waals surface area contributed by atoms with Crippen molar-refractivity contribution in [2.45, 2.75) is 18.8 Å². The van der Waals surface area contributed by atoms with Gasteiger partial charge in [0.25, 0.3) is 0 Å². The SMILES string of the molecule is NC1NNC(N)C1Cc1ccccc1. The van der Waals surface area contributed by atoms with Gasteiger partial charge < -0.3 is 11.5 Å². The molecule has 0 radical (unpaired) electrons. The Morgan fingerprint density at radius 1 is 1.00 bits per heavy atom. The van der Waals surface area contributed by atoms with Crippen LogP contribution in [0.4, 0.5) is 0 Å². The summed E-state index contributed by atoms with van der Waals surface area (Å²) in [5.41, 5.74) is 18.9. The molecule has 0 bridgehead atoms. The number of hydrazine groups is 1. The number of benzene rings is 1. The fourth-order valence-electron chi connectivity index (χ4n) is 1.77. The van der Waals surface area contributed by atoms with E-state index < -0.39 is 0 Å². The summed E-state index contributed by atoms with van der Waals surface area (Å²) in [5.74, 6) is 0.248. The molecule has 1 fully saturated rings. The number of rotatable bonds is 2. The molecule has 6 N–H and O–H groups in total. The molecule has 0 saturated carbocycles. The molecule has 0 spiro atoms. The summed E-state index contributed by atoms with van der Waals surface area (Å²) in [6.45, 7) is 0. The van der Waals surface area contributed by atoms with Crippen LogP contribution in [0, 0.1) is 5.92 Å². The van der Waals surface area contributed by atoms with Crippen LogP contribution in [-0.2, 0) is 6.42 Å². The smallest absolute Gasteiger partial charge is 0.0739 e. The fourth-order valence-corrected chi connectivity index (χ4v) is 1.77. The molecular formula is C10H16N4. The van der Waals surface area contributed by atoms with Crippen LogP contribution in [0.15, 0.2) is 30.3 Å². The minimum Gasteiger partial charge on any atom is -0.315 e. The van der Waals surface area contributed by atoms with Crippen LogP contribution in [0.25, 0.3) is 0 Å². The third-order valence-corrected chi connectivity index (χ3v) is 2.65. The highest BCUT2D eigenvalue weighted by atomic mass is 15.5. The van der Waals surface area contributed by atoms with E-state index in [0.717, 1.165) is 6.42 Å². The van der Waals surface area contributed by atoms with Gasteiger partial charge in [-0.05, 0) is 12.0 Å². The molecule has 0 aliphatic carbocycles. The number of nitrogens with one attached hydrogen (secondary N) is 2. The van der Waals surface area contributed by atoms with E-state index in [4.69, 9.17) is 11.5 Å². The Kier molecular flexibility index (Phi) is 2.79. The van der Waals surface area contributed by atoms with Crippen molar-refractivity contribution in [2.75, 3.05) is 0 Å². The molecule has 0 amide bonds. The molecule has 1 aliphatic heterocycles. The molecule has 1 aromatic rings. The fraction of sp³-hybridized carbons (Fsp3) is 0.400. The Morgan fingerprint density at radius 2 is 1.57 bits per heavy atom. The van der Waals surface area contributed by atoms with E-state index in [2.05, 4.69) is 23.0 Å². The normalized spacial score (nSPS) is 32.0. The lowest BCUT2D eigenvalue weighted by atomic mass is 9.96. The maximum atomic E-state index is 5.86. The van der Waals surface area contributed by atoms with Crippen LogP contribution in [-0.4, -0.2) is 12.3 Å². The molecule has 1 aromatic carbocycles. The van der Waals surface area contributed by atoms with Crippen molar-refractivity contribution in [1.29, 1.82) is 0 Å². The predicted octanol–water partition coefficient (Wildman–Crippen LogP) is -0.477. The lowest BCUT2D eigenvalue weighted by Gasteiger charge is -2.17. The molecule has 1 heterocycles. The summed E-state index contributed by atoms with van der Waals surface area (Å²) in [5, 5.41) is 0. The molecule has 4 nitrogen and oxygen atoms in total. The van der Waals surface area contributed by atoms with E-state index in [-0.39, 0.29) is 18.2 Å². The zero-order chi connectivity index (χ0) is 9.97. The zero-order valence-electron chi connectivity index (χ0n) is 7.98. The lowest BCUT2D eigenvalue weighted by Crippen LogP contribution is -2.39. The van der Waals surface area contributed by atoms with Crippen LogP contribution in [0.2, 0.25) is 0 Å². The summed E-state index contributed by atoms with van der Waals surface area (Å²) in [4.78, 5) is 0. The van der Waals surface area contributed by atoms with Gasteiger partial charge in [-0.1, -0.05) is 30.3 Å². The van der Waals surface area contributed by atoms with Crippen molar-refractivity contribution in [3.63, 3.8) is 0 Å². The van der Waals surface area contributed by atoms with E-state index in [1.54, 1.807) is 0 Å². The summed E-state index contributed by atoms with van der Waals surface area (Å²) < 4.78 is 0. The molecule has 1 aliphatic rings. The Balaban J connectivity index is 2.04. The first-order valence-corrected chi connectivity index (χ1v) is 4.83. The Morgan fingerprint density at radius 3 is 2.14 bits per heavy atom. The maximum absolute atomic E-state index is 5.86. The first-order valence-electron chi connectivity index (χ1n) is 4.83. The molecule has 4 heteroatoms. The van der Waals surface area contributed by atoms with Gasteiger partial charge >= 0.3 is 0 Å². The maximum Gasteiger partial charge on any atom is 0.0739 e. The molecule has 0 aromatic heterocycles. The number of hydrogen-bond donors (Lipinski definition) is 4. The predicted molar refractivity (Wildman–Crippen MR) is 55.9 cm³/mol. The topological polar surface area (TPSA) is 76.1 Å². The van der Waals surface area contributed by atoms with Gasteiger partial charge in [-0.15, -0.1) is 0 Å². The van der Waals surface area contributed by atoms with Crippen molar-refractivity contribution in [3.8, 4) is 0 Å². The van der Waals surface area contributed by atoms with E-state index in [0.29, 0.717) is 0 Å². The van der Waals surface area contributed by atoms with Gasteiger partial charge in [0.05, 0.1) is 12.3 Å².